The monoisotopic (exact) mass is 398 g/mol. The molecular weight excluding hydrogens is 372 g/mol. The molecule has 1 atom stereocenters. The minimum Gasteiger partial charge on any atom is -0.480 e. The third-order valence-corrected chi connectivity index (χ3v) is 4.06. The van der Waals surface area contributed by atoms with Crippen LogP contribution in [0.25, 0.3) is 0 Å². The number of hydrogen-bond acceptors (Lipinski definition) is 6. The number of rotatable bonds is 9. The Morgan fingerprint density at radius 2 is 1.81 bits per heavy atom. The van der Waals surface area contributed by atoms with Crippen LogP contribution in [0, 0.1) is 0 Å². The Morgan fingerprint density at radius 3 is 2.41 bits per heavy atom. The van der Waals surface area contributed by atoms with E-state index in [9.17, 15) is 19.5 Å². The lowest BCUT2D eigenvalue weighted by Gasteiger charge is -2.19. The van der Waals surface area contributed by atoms with Gasteiger partial charge in [0.2, 0.25) is 0 Å². The van der Waals surface area contributed by atoms with Gasteiger partial charge in [-0.05, 0) is 26.3 Å². The molecule has 0 aliphatic heterocycles. The number of ether oxygens (including phenoxy) is 2. The van der Waals surface area contributed by atoms with Crippen molar-refractivity contribution in [3.8, 4) is 0 Å². The van der Waals surface area contributed by atoms with Crippen LogP contribution in [0.3, 0.4) is 0 Å². The highest BCUT2D eigenvalue weighted by Crippen LogP contribution is 2.07. The first kappa shape index (κ1) is 22.6. The number of alkyl carbamates (subject to hydrolysis) is 2. The molecule has 0 saturated carbocycles. The third-order valence-electron chi connectivity index (χ3n) is 3.00. The highest BCUT2D eigenvalue weighted by Gasteiger charge is 2.21. The van der Waals surface area contributed by atoms with Crippen LogP contribution in [-0.4, -0.2) is 53.0 Å². The highest BCUT2D eigenvalue weighted by molar-refractivity contribution is 7.99. The molecular formula is C18H26N2O6S. The van der Waals surface area contributed by atoms with Crippen LogP contribution >= 0.6 is 11.8 Å². The summed E-state index contributed by atoms with van der Waals surface area (Å²) in [5, 5.41) is 14.1. The van der Waals surface area contributed by atoms with Gasteiger partial charge < -0.3 is 25.2 Å². The van der Waals surface area contributed by atoms with E-state index in [0.717, 1.165) is 5.56 Å². The number of nitrogens with one attached hydrogen (secondary N) is 2. The molecule has 1 rings (SSSR count). The predicted octanol–water partition coefficient (Wildman–Crippen LogP) is 2.62. The Balaban J connectivity index is 2.26. The van der Waals surface area contributed by atoms with Crippen LogP contribution in [0.1, 0.15) is 26.3 Å². The second-order valence-corrected chi connectivity index (χ2v) is 7.75. The number of benzene rings is 1. The fourth-order valence-corrected chi connectivity index (χ4v) is 2.70. The number of thioether (sulfide) groups is 1. The van der Waals surface area contributed by atoms with Gasteiger partial charge in [0, 0.05) is 18.1 Å². The van der Waals surface area contributed by atoms with Gasteiger partial charge in [0.25, 0.3) is 0 Å². The predicted molar refractivity (Wildman–Crippen MR) is 103 cm³/mol. The first-order chi connectivity index (χ1) is 12.7. The SMILES string of the molecule is CC(C)(C)OC(=O)NCCSC[C@H](NC(=O)OCc1ccccc1)C(=O)O. The van der Waals surface area contributed by atoms with Crippen molar-refractivity contribution in [3.63, 3.8) is 0 Å². The summed E-state index contributed by atoms with van der Waals surface area (Å²) in [5.41, 5.74) is 0.234. The van der Waals surface area contributed by atoms with E-state index in [1.54, 1.807) is 32.9 Å². The lowest BCUT2D eigenvalue weighted by atomic mass is 10.2. The molecule has 1 aromatic rings. The van der Waals surface area contributed by atoms with Crippen LogP contribution < -0.4 is 10.6 Å². The maximum Gasteiger partial charge on any atom is 0.408 e. The summed E-state index contributed by atoms with van der Waals surface area (Å²) >= 11 is 1.28. The third kappa shape index (κ3) is 11.0. The van der Waals surface area contributed by atoms with Gasteiger partial charge in [-0.1, -0.05) is 30.3 Å². The zero-order valence-corrected chi connectivity index (χ0v) is 16.5. The molecule has 0 saturated heterocycles. The normalized spacial score (nSPS) is 12.0. The van der Waals surface area contributed by atoms with E-state index < -0.39 is 29.8 Å². The van der Waals surface area contributed by atoms with Gasteiger partial charge in [-0.15, -0.1) is 0 Å². The summed E-state index contributed by atoms with van der Waals surface area (Å²) in [4.78, 5) is 34.5. The Morgan fingerprint density at radius 1 is 1.15 bits per heavy atom. The molecule has 3 N–H and O–H groups in total. The molecule has 0 unspecified atom stereocenters. The molecule has 0 aromatic heterocycles. The Kier molecular flexibility index (Phi) is 9.49. The second-order valence-electron chi connectivity index (χ2n) is 6.60. The van der Waals surface area contributed by atoms with Gasteiger partial charge in [-0.25, -0.2) is 14.4 Å². The summed E-state index contributed by atoms with van der Waals surface area (Å²) < 4.78 is 10.1. The molecule has 9 heteroatoms. The van der Waals surface area contributed by atoms with Gasteiger partial charge in [0.15, 0.2) is 0 Å². The van der Waals surface area contributed by atoms with E-state index in [-0.39, 0.29) is 12.4 Å². The van der Waals surface area contributed by atoms with Gasteiger partial charge in [-0.3, -0.25) is 0 Å². The average molecular weight is 398 g/mol. The van der Waals surface area contributed by atoms with Crippen LogP contribution in [0.4, 0.5) is 9.59 Å². The largest absolute Gasteiger partial charge is 0.480 e. The van der Waals surface area contributed by atoms with Crippen molar-refractivity contribution in [3.05, 3.63) is 35.9 Å². The zero-order chi connectivity index (χ0) is 20.3. The quantitative estimate of drug-likeness (QED) is 0.548. The number of amides is 2. The summed E-state index contributed by atoms with van der Waals surface area (Å²) in [6.45, 7) is 5.68. The molecule has 1 aromatic carbocycles. The molecule has 0 spiro atoms. The van der Waals surface area contributed by atoms with E-state index in [4.69, 9.17) is 9.47 Å². The number of aliphatic carboxylic acids is 1. The van der Waals surface area contributed by atoms with Crippen molar-refractivity contribution < 1.29 is 29.0 Å². The minimum atomic E-state index is -1.15. The molecule has 0 radical (unpaired) electrons. The van der Waals surface area contributed by atoms with Crippen molar-refractivity contribution in [1.82, 2.24) is 10.6 Å². The number of carboxylic acid groups (broad SMARTS) is 1. The fraction of sp³-hybridized carbons (Fsp3) is 0.500. The lowest BCUT2D eigenvalue weighted by Crippen LogP contribution is -2.43. The molecule has 27 heavy (non-hydrogen) atoms. The topological polar surface area (TPSA) is 114 Å². The molecule has 0 heterocycles. The van der Waals surface area contributed by atoms with Gasteiger partial charge >= 0.3 is 18.2 Å². The van der Waals surface area contributed by atoms with E-state index >= 15 is 0 Å². The Bertz CT molecular complexity index is 618. The van der Waals surface area contributed by atoms with E-state index in [0.29, 0.717) is 12.3 Å². The lowest BCUT2D eigenvalue weighted by molar-refractivity contribution is -0.138. The zero-order valence-electron chi connectivity index (χ0n) is 15.7. The number of hydrogen-bond donors (Lipinski definition) is 3. The molecule has 8 nitrogen and oxygen atoms in total. The molecule has 0 aliphatic carbocycles. The summed E-state index contributed by atoms with van der Waals surface area (Å²) in [7, 11) is 0. The molecule has 2 amide bonds. The Hall–Kier alpha value is -2.42. The van der Waals surface area contributed by atoms with E-state index in [2.05, 4.69) is 10.6 Å². The van der Waals surface area contributed by atoms with Gasteiger partial charge in [-0.2, -0.15) is 11.8 Å². The van der Waals surface area contributed by atoms with Crippen molar-refractivity contribution in [2.45, 2.75) is 39.0 Å². The Labute approximate surface area is 163 Å². The van der Waals surface area contributed by atoms with Crippen molar-refractivity contribution >= 4 is 29.9 Å². The summed E-state index contributed by atoms with van der Waals surface area (Å²) in [5.74, 6) is -0.533. The summed E-state index contributed by atoms with van der Waals surface area (Å²) in [6, 6.07) is 8.00. The molecule has 150 valence electrons. The molecule has 0 bridgehead atoms. The van der Waals surface area contributed by atoms with Crippen LogP contribution in [-0.2, 0) is 20.9 Å². The van der Waals surface area contributed by atoms with Crippen LogP contribution in [0.5, 0.6) is 0 Å². The fourth-order valence-electron chi connectivity index (χ4n) is 1.82. The molecule has 0 aliphatic rings. The van der Waals surface area contributed by atoms with E-state index in [1.165, 1.54) is 11.8 Å². The van der Waals surface area contributed by atoms with Gasteiger partial charge in [0.1, 0.15) is 18.2 Å². The standard InChI is InChI=1S/C18H26N2O6S/c1-18(2,3)26-16(23)19-9-10-27-12-14(15(21)22)20-17(24)25-11-13-7-5-4-6-8-13/h4-8,14H,9-12H2,1-3H3,(H,19,23)(H,20,24)(H,21,22)/t14-/m0/s1. The average Bonchev–Trinajstić information content (AvgIpc) is 2.57. The number of carbonyl (C=O) groups excluding carboxylic acids is 2. The van der Waals surface area contributed by atoms with Gasteiger partial charge in [0.05, 0.1) is 0 Å². The van der Waals surface area contributed by atoms with E-state index in [1.807, 2.05) is 18.2 Å². The minimum absolute atomic E-state index is 0.0615. The maximum atomic E-state index is 11.8. The highest BCUT2D eigenvalue weighted by atomic mass is 32.2. The smallest absolute Gasteiger partial charge is 0.408 e. The maximum absolute atomic E-state index is 11.8. The van der Waals surface area contributed by atoms with Crippen molar-refractivity contribution in [1.29, 1.82) is 0 Å². The van der Waals surface area contributed by atoms with Crippen LogP contribution in [0.2, 0.25) is 0 Å². The first-order valence-corrected chi connectivity index (χ1v) is 9.57. The van der Waals surface area contributed by atoms with Crippen molar-refractivity contribution in [2.24, 2.45) is 0 Å². The second kappa shape index (κ2) is 11.3. The van der Waals surface area contributed by atoms with Crippen molar-refractivity contribution in [2.75, 3.05) is 18.1 Å². The first-order valence-electron chi connectivity index (χ1n) is 8.42. The summed E-state index contributed by atoms with van der Waals surface area (Å²) in [6.07, 6.45) is -1.32. The number of carbonyl (C=O) groups is 3. The van der Waals surface area contributed by atoms with Crippen LogP contribution in [0.15, 0.2) is 30.3 Å². The number of carboxylic acids is 1. The molecule has 0 fully saturated rings.